The number of aromatic nitrogens is 1. The first-order valence-corrected chi connectivity index (χ1v) is 7.74. The number of likely N-dealkylation sites (tertiary alicyclic amines) is 1. The van der Waals surface area contributed by atoms with Gasteiger partial charge in [-0.3, -0.25) is 15.0 Å². The number of nitrogens with one attached hydrogen (secondary N) is 1. The minimum absolute atomic E-state index is 0.139. The van der Waals surface area contributed by atoms with Gasteiger partial charge in [-0.25, -0.2) is 9.78 Å². The molecule has 7 heteroatoms. The van der Waals surface area contributed by atoms with Gasteiger partial charge in [-0.2, -0.15) is 0 Å². The number of fused-ring (bicyclic) bond motifs is 1. The zero-order valence-electron chi connectivity index (χ0n) is 13.0. The molecule has 0 spiro atoms. The molecule has 7 nitrogen and oxygen atoms in total. The summed E-state index contributed by atoms with van der Waals surface area (Å²) in [7, 11) is 0. The lowest BCUT2D eigenvalue weighted by Crippen LogP contribution is -2.50. The third kappa shape index (κ3) is 3.34. The number of hydrogen-bond acceptors (Lipinski definition) is 5. The molecule has 1 fully saturated rings. The molecule has 1 aromatic heterocycles. The number of carbonyl (C=O) groups excluding carboxylic acids is 2. The number of piperidine rings is 1. The monoisotopic (exact) mass is 316 g/mol. The second-order valence-corrected chi connectivity index (χ2v) is 5.88. The molecule has 122 valence electrons. The molecular weight excluding hydrogens is 296 g/mol. The van der Waals surface area contributed by atoms with Gasteiger partial charge in [0, 0.05) is 12.5 Å². The normalized spacial score (nSPS) is 20.3. The molecule has 0 unspecified atom stereocenters. The Kier molecular flexibility index (Phi) is 4.29. The van der Waals surface area contributed by atoms with Crippen LogP contribution in [0.1, 0.15) is 31.6 Å². The van der Waals surface area contributed by atoms with Crippen molar-refractivity contribution in [1.82, 2.24) is 15.2 Å². The summed E-state index contributed by atoms with van der Waals surface area (Å²) in [6.07, 6.45) is 1.91. The van der Waals surface area contributed by atoms with Crippen LogP contribution in [-0.4, -0.2) is 41.0 Å². The Hall–Kier alpha value is -2.41. The average molecular weight is 316 g/mol. The van der Waals surface area contributed by atoms with Crippen molar-refractivity contribution < 1.29 is 14.0 Å². The molecule has 0 radical (unpaired) electrons. The van der Waals surface area contributed by atoms with Gasteiger partial charge >= 0.3 is 6.03 Å². The number of urea groups is 1. The van der Waals surface area contributed by atoms with E-state index >= 15 is 0 Å². The van der Waals surface area contributed by atoms with Gasteiger partial charge in [-0.1, -0.05) is 12.1 Å². The van der Waals surface area contributed by atoms with Gasteiger partial charge < -0.3 is 10.2 Å². The fourth-order valence-electron chi connectivity index (χ4n) is 3.02. The summed E-state index contributed by atoms with van der Waals surface area (Å²) < 4.78 is 5.85. The molecule has 1 aliphatic rings. The Morgan fingerprint density at radius 3 is 2.96 bits per heavy atom. The van der Waals surface area contributed by atoms with E-state index in [1.807, 2.05) is 29.2 Å². The maximum absolute atomic E-state index is 11.9. The lowest BCUT2D eigenvalue weighted by molar-refractivity contribution is -0.125. The van der Waals surface area contributed by atoms with Crippen LogP contribution in [0.15, 0.2) is 28.7 Å². The van der Waals surface area contributed by atoms with Crippen LogP contribution < -0.4 is 11.1 Å². The Labute approximate surface area is 133 Å². The zero-order valence-corrected chi connectivity index (χ0v) is 13.0. The highest BCUT2D eigenvalue weighted by molar-refractivity contribution is 5.96. The molecule has 1 aliphatic heterocycles. The summed E-state index contributed by atoms with van der Waals surface area (Å²) in [4.78, 5) is 29.4. The number of para-hydroxylation sites is 2. The zero-order chi connectivity index (χ0) is 16.4. The van der Waals surface area contributed by atoms with Crippen molar-refractivity contribution in [2.24, 2.45) is 5.73 Å². The van der Waals surface area contributed by atoms with E-state index in [1.165, 1.54) is 0 Å². The van der Waals surface area contributed by atoms with Gasteiger partial charge in [-0.05, 0) is 38.4 Å². The van der Waals surface area contributed by atoms with E-state index in [9.17, 15) is 9.59 Å². The van der Waals surface area contributed by atoms with Gasteiger partial charge in [0.05, 0.1) is 6.04 Å². The third-order valence-electron chi connectivity index (χ3n) is 4.29. The lowest BCUT2D eigenvalue weighted by Gasteiger charge is -2.34. The molecule has 3 amide bonds. The minimum atomic E-state index is -0.825. The number of hydrogen-bond donors (Lipinski definition) is 2. The maximum Gasteiger partial charge on any atom is 0.318 e. The molecule has 1 saturated heterocycles. The standard InChI is InChI=1S/C16H20N4O3/c1-10(14(21)19-16(17)22)20-8-4-5-11(9-20)15-18-12-6-2-3-7-13(12)23-15/h2-3,6-7,10-11H,4-5,8-9H2,1H3,(H3,17,19,21,22)/t10-,11+/m0/s1. The Morgan fingerprint density at radius 2 is 2.22 bits per heavy atom. The molecule has 0 saturated carbocycles. The van der Waals surface area contributed by atoms with E-state index in [4.69, 9.17) is 10.2 Å². The number of nitrogens with two attached hydrogens (primary N) is 1. The van der Waals surface area contributed by atoms with Crippen molar-refractivity contribution in [3.8, 4) is 0 Å². The van der Waals surface area contributed by atoms with Crippen molar-refractivity contribution >= 4 is 23.0 Å². The SMILES string of the molecule is C[C@@H](C(=O)NC(N)=O)N1CCC[C@@H](c2nc3ccccc3o2)C1. The van der Waals surface area contributed by atoms with Gasteiger partial charge in [0.15, 0.2) is 11.5 Å². The number of rotatable bonds is 3. The third-order valence-corrected chi connectivity index (χ3v) is 4.29. The van der Waals surface area contributed by atoms with Crippen LogP contribution in [0.2, 0.25) is 0 Å². The van der Waals surface area contributed by atoms with Gasteiger partial charge in [0.2, 0.25) is 5.91 Å². The molecule has 2 atom stereocenters. The van der Waals surface area contributed by atoms with Crippen LogP contribution in [0.4, 0.5) is 4.79 Å². The number of oxazole rings is 1. The van der Waals surface area contributed by atoms with Gasteiger partial charge in [-0.15, -0.1) is 0 Å². The highest BCUT2D eigenvalue weighted by Gasteiger charge is 2.30. The predicted octanol–water partition coefficient (Wildman–Crippen LogP) is 1.59. The van der Waals surface area contributed by atoms with Crippen LogP contribution in [0.3, 0.4) is 0 Å². The summed E-state index contributed by atoms with van der Waals surface area (Å²) in [6.45, 7) is 3.23. The van der Waals surface area contributed by atoms with Gasteiger partial charge in [0.25, 0.3) is 0 Å². The molecule has 1 aromatic carbocycles. The smallest absolute Gasteiger partial charge is 0.318 e. The van der Waals surface area contributed by atoms with E-state index in [1.54, 1.807) is 6.92 Å². The number of amides is 3. The first-order valence-electron chi connectivity index (χ1n) is 7.74. The second kappa shape index (κ2) is 6.37. The van der Waals surface area contributed by atoms with Crippen molar-refractivity contribution in [3.63, 3.8) is 0 Å². The quantitative estimate of drug-likeness (QED) is 0.895. The predicted molar refractivity (Wildman–Crippen MR) is 84.7 cm³/mol. The van der Waals surface area contributed by atoms with Crippen LogP contribution in [0.25, 0.3) is 11.1 Å². The summed E-state index contributed by atoms with van der Waals surface area (Å²) in [5.41, 5.74) is 6.63. The average Bonchev–Trinajstić information content (AvgIpc) is 2.97. The minimum Gasteiger partial charge on any atom is -0.440 e. The van der Waals surface area contributed by atoms with Crippen LogP contribution in [0, 0.1) is 0 Å². The topological polar surface area (TPSA) is 101 Å². The Balaban J connectivity index is 1.72. The van der Waals surface area contributed by atoms with E-state index in [0.29, 0.717) is 12.4 Å². The largest absolute Gasteiger partial charge is 0.440 e. The Bertz CT molecular complexity index is 694. The first-order chi connectivity index (χ1) is 11.0. The van der Waals surface area contributed by atoms with E-state index in [0.717, 1.165) is 30.5 Å². The Morgan fingerprint density at radius 1 is 1.43 bits per heavy atom. The van der Waals surface area contributed by atoms with Crippen molar-refractivity contribution in [3.05, 3.63) is 30.2 Å². The summed E-state index contributed by atoms with van der Waals surface area (Å²) in [5.74, 6) is 0.467. The number of primary amides is 1. The van der Waals surface area contributed by atoms with Crippen LogP contribution in [-0.2, 0) is 4.79 Å². The van der Waals surface area contributed by atoms with Crippen molar-refractivity contribution in [2.45, 2.75) is 31.7 Å². The molecule has 0 bridgehead atoms. The van der Waals surface area contributed by atoms with Crippen LogP contribution in [0.5, 0.6) is 0 Å². The van der Waals surface area contributed by atoms with E-state index in [2.05, 4.69) is 10.3 Å². The molecule has 3 rings (SSSR count). The molecule has 2 aromatic rings. The number of imide groups is 1. The van der Waals surface area contributed by atoms with Crippen LogP contribution >= 0.6 is 0 Å². The highest BCUT2D eigenvalue weighted by Crippen LogP contribution is 2.29. The summed E-state index contributed by atoms with van der Waals surface area (Å²) in [6, 6.07) is 6.42. The van der Waals surface area contributed by atoms with E-state index < -0.39 is 12.1 Å². The molecule has 23 heavy (non-hydrogen) atoms. The summed E-state index contributed by atoms with van der Waals surface area (Å²) in [5, 5.41) is 2.14. The molecule has 3 N–H and O–H groups in total. The van der Waals surface area contributed by atoms with Gasteiger partial charge in [0.1, 0.15) is 5.52 Å². The number of nitrogens with zero attached hydrogens (tertiary/aromatic N) is 2. The fraction of sp³-hybridized carbons (Fsp3) is 0.438. The molecule has 2 heterocycles. The molecular formula is C16H20N4O3. The molecule has 0 aliphatic carbocycles. The fourth-order valence-corrected chi connectivity index (χ4v) is 3.02. The number of benzene rings is 1. The second-order valence-electron chi connectivity index (χ2n) is 5.88. The highest BCUT2D eigenvalue weighted by atomic mass is 16.3. The van der Waals surface area contributed by atoms with Crippen molar-refractivity contribution in [1.29, 1.82) is 0 Å². The number of carbonyl (C=O) groups is 2. The van der Waals surface area contributed by atoms with Crippen molar-refractivity contribution in [2.75, 3.05) is 13.1 Å². The lowest BCUT2D eigenvalue weighted by atomic mass is 9.96. The summed E-state index contributed by atoms with van der Waals surface area (Å²) >= 11 is 0. The first kappa shape index (κ1) is 15.5. The van der Waals surface area contributed by atoms with E-state index in [-0.39, 0.29) is 11.8 Å². The maximum atomic E-state index is 11.9.